The van der Waals surface area contributed by atoms with E-state index in [1.165, 1.54) is 6.20 Å². The van der Waals surface area contributed by atoms with Gasteiger partial charge in [0.1, 0.15) is 4.90 Å². The van der Waals surface area contributed by atoms with Crippen LogP contribution in [0, 0.1) is 5.92 Å². The summed E-state index contributed by atoms with van der Waals surface area (Å²) in [6.45, 7) is 7.07. The van der Waals surface area contributed by atoms with Crippen molar-refractivity contribution >= 4 is 15.7 Å². The molecule has 0 radical (unpaired) electrons. The van der Waals surface area contributed by atoms with Crippen LogP contribution in [-0.4, -0.2) is 26.5 Å². The highest BCUT2D eigenvalue weighted by molar-refractivity contribution is 7.89. The number of rotatable bonds is 7. The Morgan fingerprint density at radius 1 is 1.39 bits per heavy atom. The zero-order valence-electron chi connectivity index (χ0n) is 11.1. The molecule has 0 fully saturated rings. The Kier molecular flexibility index (Phi) is 5.55. The summed E-state index contributed by atoms with van der Waals surface area (Å²) in [6.07, 6.45) is 3.89. The van der Waals surface area contributed by atoms with Crippen molar-refractivity contribution < 1.29 is 8.42 Å². The molecule has 6 heteroatoms. The normalized spacial score (nSPS) is 13.3. The summed E-state index contributed by atoms with van der Waals surface area (Å²) in [6, 6.07) is 1.67. The lowest BCUT2D eigenvalue weighted by atomic mass is 10.1. The van der Waals surface area contributed by atoms with E-state index in [1.54, 1.807) is 12.3 Å². The number of nitrogens with zero attached hydrogens (tertiary/aromatic N) is 1. The highest BCUT2D eigenvalue weighted by Gasteiger charge is 2.18. The van der Waals surface area contributed by atoms with Crippen molar-refractivity contribution in [2.24, 2.45) is 5.92 Å². The Morgan fingerprint density at radius 2 is 2.11 bits per heavy atom. The first-order chi connectivity index (χ1) is 8.51. The van der Waals surface area contributed by atoms with Gasteiger partial charge in [-0.3, -0.25) is 4.98 Å². The second kappa shape index (κ2) is 6.70. The van der Waals surface area contributed by atoms with E-state index in [2.05, 4.69) is 15.0 Å². The minimum Gasteiger partial charge on any atom is -0.384 e. The van der Waals surface area contributed by atoms with Gasteiger partial charge in [-0.25, -0.2) is 13.1 Å². The van der Waals surface area contributed by atoms with E-state index < -0.39 is 10.0 Å². The molecule has 1 atom stereocenters. The van der Waals surface area contributed by atoms with E-state index in [-0.39, 0.29) is 4.90 Å². The van der Waals surface area contributed by atoms with Crippen molar-refractivity contribution in [2.75, 3.05) is 18.4 Å². The van der Waals surface area contributed by atoms with Crippen molar-refractivity contribution in [3.63, 3.8) is 0 Å². The third kappa shape index (κ3) is 3.96. The fourth-order valence-electron chi connectivity index (χ4n) is 1.40. The van der Waals surface area contributed by atoms with Crippen LogP contribution >= 0.6 is 0 Å². The van der Waals surface area contributed by atoms with Crippen LogP contribution in [-0.2, 0) is 10.0 Å². The number of anilines is 1. The summed E-state index contributed by atoms with van der Waals surface area (Å²) in [7, 11) is -3.49. The van der Waals surface area contributed by atoms with Crippen molar-refractivity contribution in [1.82, 2.24) is 9.71 Å². The molecule has 1 aromatic heterocycles. The maximum atomic E-state index is 12.2. The summed E-state index contributed by atoms with van der Waals surface area (Å²) in [5.41, 5.74) is 0.587. The molecule has 102 valence electrons. The monoisotopic (exact) mass is 271 g/mol. The summed E-state index contributed by atoms with van der Waals surface area (Å²) in [5.74, 6) is 0.319. The zero-order chi connectivity index (χ0) is 13.6. The molecule has 0 bridgehead atoms. The quantitative estimate of drug-likeness (QED) is 0.794. The van der Waals surface area contributed by atoms with Gasteiger partial charge in [-0.15, -0.1) is 0 Å². The van der Waals surface area contributed by atoms with E-state index in [0.29, 0.717) is 24.7 Å². The van der Waals surface area contributed by atoms with Gasteiger partial charge >= 0.3 is 0 Å². The first-order valence-corrected chi connectivity index (χ1v) is 7.67. The molecule has 0 aliphatic heterocycles. The van der Waals surface area contributed by atoms with Crippen molar-refractivity contribution in [3.05, 3.63) is 18.5 Å². The maximum absolute atomic E-state index is 12.2. The van der Waals surface area contributed by atoms with Crippen molar-refractivity contribution in [3.8, 4) is 0 Å². The molecule has 18 heavy (non-hydrogen) atoms. The van der Waals surface area contributed by atoms with E-state index in [0.717, 1.165) is 6.42 Å². The predicted octanol–water partition coefficient (Wildman–Crippen LogP) is 1.84. The summed E-state index contributed by atoms with van der Waals surface area (Å²) >= 11 is 0. The molecule has 1 aromatic rings. The maximum Gasteiger partial charge on any atom is 0.244 e. The molecule has 0 spiro atoms. The standard InChI is InChI=1S/C12H21N3O2S/c1-4-10(3)8-15-18(16,17)12-9-13-7-6-11(12)14-5-2/h6-7,9-10,15H,4-5,8H2,1-3H3,(H,13,14). The summed E-state index contributed by atoms with van der Waals surface area (Å²) < 4.78 is 26.9. The van der Waals surface area contributed by atoms with Crippen LogP contribution in [0.25, 0.3) is 0 Å². The molecule has 0 saturated heterocycles. The molecular formula is C12H21N3O2S. The number of sulfonamides is 1. The fourth-order valence-corrected chi connectivity index (χ4v) is 2.69. The number of pyridine rings is 1. The highest BCUT2D eigenvalue weighted by atomic mass is 32.2. The van der Waals surface area contributed by atoms with Gasteiger partial charge in [0, 0.05) is 25.5 Å². The fraction of sp³-hybridized carbons (Fsp3) is 0.583. The van der Waals surface area contributed by atoms with Gasteiger partial charge in [-0.2, -0.15) is 0 Å². The second-order valence-electron chi connectivity index (χ2n) is 4.27. The lowest BCUT2D eigenvalue weighted by Crippen LogP contribution is -2.29. The average molecular weight is 271 g/mol. The zero-order valence-corrected chi connectivity index (χ0v) is 11.9. The van der Waals surface area contributed by atoms with E-state index >= 15 is 0 Å². The molecule has 0 aliphatic rings. The minimum absolute atomic E-state index is 0.204. The summed E-state index contributed by atoms with van der Waals surface area (Å²) in [5, 5.41) is 3.02. The second-order valence-corrected chi connectivity index (χ2v) is 6.00. The molecule has 0 amide bonds. The Morgan fingerprint density at radius 3 is 2.72 bits per heavy atom. The lowest BCUT2D eigenvalue weighted by molar-refractivity contribution is 0.528. The van der Waals surface area contributed by atoms with Gasteiger partial charge in [0.05, 0.1) is 5.69 Å². The molecule has 5 nitrogen and oxygen atoms in total. The van der Waals surface area contributed by atoms with E-state index in [9.17, 15) is 8.42 Å². The number of nitrogens with one attached hydrogen (secondary N) is 2. The van der Waals surface area contributed by atoms with Crippen LogP contribution in [0.15, 0.2) is 23.4 Å². The Bertz CT molecular complexity index is 474. The van der Waals surface area contributed by atoms with Crippen LogP contribution in [0.3, 0.4) is 0 Å². The van der Waals surface area contributed by atoms with E-state index in [4.69, 9.17) is 0 Å². The van der Waals surface area contributed by atoms with E-state index in [1.807, 2.05) is 20.8 Å². The van der Waals surface area contributed by atoms with Gasteiger partial charge in [0.25, 0.3) is 0 Å². The smallest absolute Gasteiger partial charge is 0.244 e. The van der Waals surface area contributed by atoms with Gasteiger partial charge in [-0.1, -0.05) is 20.3 Å². The molecule has 1 rings (SSSR count). The first-order valence-electron chi connectivity index (χ1n) is 6.18. The highest BCUT2D eigenvalue weighted by Crippen LogP contribution is 2.19. The molecule has 0 saturated carbocycles. The van der Waals surface area contributed by atoms with Crippen LogP contribution in [0.2, 0.25) is 0 Å². The Labute approximate surface area is 109 Å². The molecule has 1 heterocycles. The SMILES string of the molecule is CCNc1ccncc1S(=O)(=O)NCC(C)CC. The Balaban J connectivity index is 2.90. The van der Waals surface area contributed by atoms with Crippen LogP contribution in [0.4, 0.5) is 5.69 Å². The predicted molar refractivity (Wildman–Crippen MR) is 73.0 cm³/mol. The molecule has 0 aromatic carbocycles. The van der Waals surface area contributed by atoms with Crippen molar-refractivity contribution in [1.29, 1.82) is 0 Å². The van der Waals surface area contributed by atoms with Crippen molar-refractivity contribution in [2.45, 2.75) is 32.1 Å². The van der Waals surface area contributed by atoms with Crippen LogP contribution in [0.1, 0.15) is 27.2 Å². The molecule has 1 unspecified atom stereocenters. The van der Waals surface area contributed by atoms with Gasteiger partial charge < -0.3 is 5.32 Å². The lowest BCUT2D eigenvalue weighted by Gasteiger charge is -2.13. The molecule has 2 N–H and O–H groups in total. The van der Waals surface area contributed by atoms with Gasteiger partial charge in [0.2, 0.25) is 10.0 Å². The largest absolute Gasteiger partial charge is 0.384 e. The first kappa shape index (κ1) is 14.9. The molecule has 0 aliphatic carbocycles. The average Bonchev–Trinajstić information content (AvgIpc) is 2.37. The number of aromatic nitrogens is 1. The number of hydrogen-bond donors (Lipinski definition) is 2. The third-order valence-corrected chi connectivity index (χ3v) is 4.21. The Hall–Kier alpha value is -1.14. The third-order valence-electron chi connectivity index (χ3n) is 2.76. The van der Waals surface area contributed by atoms with Crippen LogP contribution < -0.4 is 10.0 Å². The van der Waals surface area contributed by atoms with Crippen LogP contribution in [0.5, 0.6) is 0 Å². The topological polar surface area (TPSA) is 71.1 Å². The minimum atomic E-state index is -3.49. The van der Waals surface area contributed by atoms with Gasteiger partial charge in [0.15, 0.2) is 0 Å². The molecular weight excluding hydrogens is 250 g/mol. The summed E-state index contributed by atoms with van der Waals surface area (Å²) in [4.78, 5) is 4.09. The van der Waals surface area contributed by atoms with Gasteiger partial charge in [-0.05, 0) is 18.9 Å². The number of hydrogen-bond acceptors (Lipinski definition) is 4.